The summed E-state index contributed by atoms with van der Waals surface area (Å²) in [5.41, 5.74) is 1.69. The smallest absolute Gasteiger partial charge is 0.257 e. The van der Waals surface area contributed by atoms with Gasteiger partial charge in [-0.25, -0.2) is 0 Å². The fraction of sp³-hybridized carbons (Fsp3) is 0.118. The fourth-order valence-electron chi connectivity index (χ4n) is 2.33. The van der Waals surface area contributed by atoms with E-state index in [2.05, 4.69) is 25.6 Å². The molecule has 4 rings (SSSR count). The van der Waals surface area contributed by atoms with Crippen LogP contribution in [0.25, 0.3) is 22.8 Å². The third kappa shape index (κ3) is 3.23. The average molecular weight is 334 g/mol. The SMILES string of the molecule is COc1cccc(-c2nnn(Cc3noc(-c4ccccc4)n3)n2)c1. The van der Waals surface area contributed by atoms with Gasteiger partial charge in [0.1, 0.15) is 12.3 Å². The van der Waals surface area contributed by atoms with Crippen LogP contribution in [-0.4, -0.2) is 37.5 Å². The summed E-state index contributed by atoms with van der Waals surface area (Å²) in [7, 11) is 1.62. The number of methoxy groups -OCH3 is 1. The molecule has 0 aliphatic rings. The Morgan fingerprint density at radius 1 is 1.04 bits per heavy atom. The predicted molar refractivity (Wildman–Crippen MR) is 88.6 cm³/mol. The van der Waals surface area contributed by atoms with E-state index in [0.717, 1.165) is 16.9 Å². The highest BCUT2D eigenvalue weighted by molar-refractivity contribution is 5.56. The van der Waals surface area contributed by atoms with Gasteiger partial charge in [0.05, 0.1) is 7.11 Å². The monoisotopic (exact) mass is 334 g/mol. The predicted octanol–water partition coefficient (Wildman–Crippen LogP) is 2.45. The second-order valence-electron chi connectivity index (χ2n) is 5.26. The third-order valence-corrected chi connectivity index (χ3v) is 3.55. The Labute approximate surface area is 143 Å². The summed E-state index contributed by atoms with van der Waals surface area (Å²) in [6.45, 7) is 0.271. The van der Waals surface area contributed by atoms with Gasteiger partial charge in [-0.2, -0.15) is 9.78 Å². The summed E-state index contributed by atoms with van der Waals surface area (Å²) in [4.78, 5) is 5.78. The molecule has 0 saturated heterocycles. The van der Waals surface area contributed by atoms with E-state index in [1.807, 2.05) is 54.6 Å². The minimum absolute atomic E-state index is 0.271. The standard InChI is InChI=1S/C17H14N6O2/c1-24-14-9-5-8-13(10-14)16-19-22-23(20-16)11-15-18-17(25-21-15)12-6-3-2-4-7-12/h2-10H,11H2,1H3. The Balaban J connectivity index is 1.53. The Bertz CT molecular complexity index is 979. The molecule has 8 heteroatoms. The maximum atomic E-state index is 5.28. The number of hydrogen-bond acceptors (Lipinski definition) is 7. The fourth-order valence-corrected chi connectivity index (χ4v) is 2.33. The van der Waals surface area contributed by atoms with E-state index in [-0.39, 0.29) is 6.54 Å². The van der Waals surface area contributed by atoms with Gasteiger partial charge < -0.3 is 9.26 Å². The van der Waals surface area contributed by atoms with Crippen LogP contribution >= 0.6 is 0 Å². The number of tetrazole rings is 1. The highest BCUT2D eigenvalue weighted by atomic mass is 16.5. The van der Waals surface area contributed by atoms with Crippen LogP contribution in [0.3, 0.4) is 0 Å². The number of benzene rings is 2. The van der Waals surface area contributed by atoms with Crippen LogP contribution in [0.2, 0.25) is 0 Å². The molecule has 0 N–H and O–H groups in total. The maximum Gasteiger partial charge on any atom is 0.257 e. The summed E-state index contributed by atoms with van der Waals surface area (Å²) < 4.78 is 10.5. The van der Waals surface area contributed by atoms with E-state index in [1.165, 1.54) is 4.80 Å². The summed E-state index contributed by atoms with van der Waals surface area (Å²) >= 11 is 0. The second kappa shape index (κ2) is 6.52. The summed E-state index contributed by atoms with van der Waals surface area (Å²) in [5, 5.41) is 16.4. The Hall–Kier alpha value is -3.55. The molecule has 0 saturated carbocycles. The van der Waals surface area contributed by atoms with Gasteiger partial charge in [0, 0.05) is 11.1 Å². The van der Waals surface area contributed by atoms with Gasteiger partial charge in [0.2, 0.25) is 5.82 Å². The maximum absolute atomic E-state index is 5.28. The first-order valence-corrected chi connectivity index (χ1v) is 7.62. The van der Waals surface area contributed by atoms with Crippen LogP contribution in [0, 0.1) is 0 Å². The van der Waals surface area contributed by atoms with Crippen molar-refractivity contribution in [1.29, 1.82) is 0 Å². The number of hydrogen-bond donors (Lipinski definition) is 0. The van der Waals surface area contributed by atoms with Crippen LogP contribution in [0.4, 0.5) is 0 Å². The molecule has 2 aromatic carbocycles. The molecule has 0 unspecified atom stereocenters. The van der Waals surface area contributed by atoms with Gasteiger partial charge >= 0.3 is 0 Å². The quantitative estimate of drug-likeness (QED) is 0.553. The molecule has 25 heavy (non-hydrogen) atoms. The van der Waals surface area contributed by atoms with Crippen molar-refractivity contribution in [2.45, 2.75) is 6.54 Å². The normalized spacial score (nSPS) is 10.8. The molecule has 8 nitrogen and oxygen atoms in total. The van der Waals surface area contributed by atoms with Crippen molar-refractivity contribution in [3.05, 3.63) is 60.4 Å². The molecule has 0 fully saturated rings. The Morgan fingerprint density at radius 2 is 1.88 bits per heavy atom. The van der Waals surface area contributed by atoms with Crippen LogP contribution in [0.5, 0.6) is 5.75 Å². The largest absolute Gasteiger partial charge is 0.497 e. The number of rotatable bonds is 5. The lowest BCUT2D eigenvalue weighted by molar-refractivity contribution is 0.414. The van der Waals surface area contributed by atoms with Crippen LogP contribution in [0.15, 0.2) is 59.1 Å². The van der Waals surface area contributed by atoms with Crippen molar-refractivity contribution in [3.63, 3.8) is 0 Å². The molecular formula is C17H14N6O2. The summed E-state index contributed by atoms with van der Waals surface area (Å²) in [5.74, 6) is 2.18. The summed E-state index contributed by atoms with van der Waals surface area (Å²) in [6.07, 6.45) is 0. The highest BCUT2D eigenvalue weighted by Gasteiger charge is 2.12. The van der Waals surface area contributed by atoms with Gasteiger partial charge in [-0.05, 0) is 29.5 Å². The van der Waals surface area contributed by atoms with Crippen molar-refractivity contribution in [3.8, 4) is 28.6 Å². The van der Waals surface area contributed by atoms with Gasteiger partial charge in [-0.1, -0.05) is 35.5 Å². The van der Waals surface area contributed by atoms with Crippen LogP contribution in [0.1, 0.15) is 5.82 Å². The lowest BCUT2D eigenvalue weighted by atomic mass is 10.2. The molecule has 2 aromatic heterocycles. The third-order valence-electron chi connectivity index (χ3n) is 3.55. The van der Waals surface area contributed by atoms with Crippen molar-refractivity contribution in [1.82, 2.24) is 30.3 Å². The van der Waals surface area contributed by atoms with E-state index in [9.17, 15) is 0 Å². The van der Waals surface area contributed by atoms with Gasteiger partial charge in [0.25, 0.3) is 5.89 Å². The lowest BCUT2D eigenvalue weighted by Crippen LogP contribution is -2.05. The van der Waals surface area contributed by atoms with Gasteiger partial charge in [0.15, 0.2) is 5.82 Å². The van der Waals surface area contributed by atoms with E-state index >= 15 is 0 Å². The van der Waals surface area contributed by atoms with E-state index in [0.29, 0.717) is 17.5 Å². The first-order chi connectivity index (χ1) is 12.3. The van der Waals surface area contributed by atoms with Crippen LogP contribution < -0.4 is 4.74 Å². The van der Waals surface area contributed by atoms with E-state index < -0.39 is 0 Å². The Morgan fingerprint density at radius 3 is 2.72 bits per heavy atom. The molecule has 0 atom stereocenters. The molecule has 124 valence electrons. The molecule has 0 amide bonds. The average Bonchev–Trinajstić information content (AvgIpc) is 3.33. The van der Waals surface area contributed by atoms with E-state index in [1.54, 1.807) is 7.11 Å². The van der Waals surface area contributed by atoms with Crippen molar-refractivity contribution >= 4 is 0 Å². The first-order valence-electron chi connectivity index (χ1n) is 7.62. The number of aromatic nitrogens is 6. The molecule has 0 radical (unpaired) electrons. The van der Waals surface area contributed by atoms with Crippen molar-refractivity contribution in [2.75, 3.05) is 7.11 Å². The minimum Gasteiger partial charge on any atom is -0.497 e. The zero-order chi connectivity index (χ0) is 17.1. The first kappa shape index (κ1) is 15.0. The van der Waals surface area contributed by atoms with Gasteiger partial charge in [-0.3, -0.25) is 0 Å². The van der Waals surface area contributed by atoms with Crippen molar-refractivity contribution < 1.29 is 9.26 Å². The summed E-state index contributed by atoms with van der Waals surface area (Å²) in [6, 6.07) is 17.1. The topological polar surface area (TPSA) is 91.8 Å². The lowest BCUT2D eigenvalue weighted by Gasteiger charge is -2.00. The molecular weight excluding hydrogens is 320 g/mol. The second-order valence-corrected chi connectivity index (χ2v) is 5.26. The zero-order valence-corrected chi connectivity index (χ0v) is 13.4. The van der Waals surface area contributed by atoms with Gasteiger partial charge in [-0.15, -0.1) is 10.2 Å². The Kier molecular flexibility index (Phi) is 3.91. The number of ether oxygens (including phenoxy) is 1. The zero-order valence-electron chi connectivity index (χ0n) is 13.4. The number of nitrogens with zero attached hydrogens (tertiary/aromatic N) is 6. The van der Waals surface area contributed by atoms with E-state index in [4.69, 9.17) is 9.26 Å². The van der Waals surface area contributed by atoms with Crippen LogP contribution in [-0.2, 0) is 6.54 Å². The minimum atomic E-state index is 0.271. The molecule has 4 aromatic rings. The molecule has 2 heterocycles. The highest BCUT2D eigenvalue weighted by Crippen LogP contribution is 2.20. The molecule has 0 bridgehead atoms. The molecule has 0 spiro atoms. The van der Waals surface area contributed by atoms with Crippen molar-refractivity contribution in [2.24, 2.45) is 0 Å². The molecule has 0 aliphatic heterocycles. The molecule has 0 aliphatic carbocycles.